The lowest BCUT2D eigenvalue weighted by atomic mass is 10.0. The van der Waals surface area contributed by atoms with Crippen molar-refractivity contribution in [2.24, 2.45) is 11.7 Å². The van der Waals surface area contributed by atoms with E-state index in [4.69, 9.17) is 19.9 Å². The van der Waals surface area contributed by atoms with Gasteiger partial charge in [0.2, 0.25) is 11.8 Å². The zero-order valence-corrected chi connectivity index (χ0v) is 20.6. The van der Waals surface area contributed by atoms with Crippen LogP contribution in [0.5, 0.6) is 11.5 Å². The molecule has 10 nitrogen and oxygen atoms in total. The molecule has 0 bridgehead atoms. The second kappa shape index (κ2) is 13.5. The van der Waals surface area contributed by atoms with Crippen LogP contribution in [-0.4, -0.2) is 41.3 Å². The molecular formula is C24H32N3O7P. The summed E-state index contributed by atoms with van der Waals surface area (Å²) in [7, 11) is -3.89. The van der Waals surface area contributed by atoms with Gasteiger partial charge >= 0.3 is 13.6 Å². The average Bonchev–Trinajstić information content (AvgIpc) is 2.81. The fourth-order valence-electron chi connectivity index (χ4n) is 3.04. The molecule has 0 spiro atoms. The van der Waals surface area contributed by atoms with Crippen molar-refractivity contribution in [3.63, 3.8) is 0 Å². The number of carboxylic acids is 1. The lowest BCUT2D eigenvalue weighted by molar-refractivity contribution is -0.139. The number of carboxylic acid groups (broad SMARTS) is 1. The number of hydrogen-bond acceptors (Lipinski definition) is 7. The van der Waals surface area contributed by atoms with E-state index in [1.54, 1.807) is 60.7 Å². The van der Waals surface area contributed by atoms with E-state index in [0.29, 0.717) is 17.9 Å². The van der Waals surface area contributed by atoms with Crippen LogP contribution in [0.3, 0.4) is 0 Å². The number of nitrogens with two attached hydrogens (primary N) is 1. The standard InChI is InChI=1S/C24H32N3O7P/c1-17(2)15-21(27-22(28)14-13-20(25)24(30)31)23(29)26-16-35(32,33-18-9-5-3-6-10-18)34-19-11-7-4-8-12-19/h3-12,17,20-21H,13-16,25H2,1-2H3,(H,26,29)(H,27,28)(H,30,31)/t20-,21-/m0/s1. The average molecular weight is 506 g/mol. The summed E-state index contributed by atoms with van der Waals surface area (Å²) in [6.07, 6.45) is -0.347. The van der Waals surface area contributed by atoms with E-state index in [2.05, 4.69) is 10.6 Å². The Morgan fingerprint density at radius 1 is 0.971 bits per heavy atom. The summed E-state index contributed by atoms with van der Waals surface area (Å²) in [5.74, 6) is -1.61. The molecule has 11 heteroatoms. The van der Waals surface area contributed by atoms with Crippen LogP contribution in [0.15, 0.2) is 60.7 Å². The highest BCUT2D eigenvalue weighted by atomic mass is 31.2. The van der Waals surface area contributed by atoms with Crippen LogP contribution < -0.4 is 25.4 Å². The molecule has 5 N–H and O–H groups in total. The van der Waals surface area contributed by atoms with Gasteiger partial charge in [0.05, 0.1) is 0 Å². The number of rotatable bonds is 14. The second-order valence-corrected chi connectivity index (χ2v) is 10.3. The van der Waals surface area contributed by atoms with Crippen LogP contribution in [0.25, 0.3) is 0 Å². The molecule has 0 aliphatic heterocycles. The minimum Gasteiger partial charge on any atom is -0.480 e. The molecule has 0 aliphatic carbocycles. The van der Waals surface area contributed by atoms with Gasteiger partial charge in [0.1, 0.15) is 29.9 Å². The maximum atomic E-state index is 13.5. The second-order valence-electron chi connectivity index (χ2n) is 8.35. The molecule has 2 rings (SSSR count). The fourth-order valence-corrected chi connectivity index (χ4v) is 4.45. The first kappa shape index (κ1) is 27.9. The summed E-state index contributed by atoms with van der Waals surface area (Å²) in [4.78, 5) is 36.1. The third kappa shape index (κ3) is 10.2. The van der Waals surface area contributed by atoms with Crippen LogP contribution >= 0.6 is 7.60 Å². The van der Waals surface area contributed by atoms with Crippen molar-refractivity contribution in [3.05, 3.63) is 60.7 Å². The topological polar surface area (TPSA) is 157 Å². The van der Waals surface area contributed by atoms with Crippen LogP contribution in [0.1, 0.15) is 33.1 Å². The smallest absolute Gasteiger partial charge is 0.449 e. The van der Waals surface area contributed by atoms with E-state index in [0.717, 1.165) is 0 Å². The Labute approximate surface area is 204 Å². The molecule has 0 aliphatic rings. The number of benzene rings is 2. The highest BCUT2D eigenvalue weighted by Crippen LogP contribution is 2.47. The van der Waals surface area contributed by atoms with E-state index in [1.807, 2.05) is 13.8 Å². The summed E-state index contributed by atoms with van der Waals surface area (Å²) in [6.45, 7) is 3.77. The number of carbonyl (C=O) groups excluding carboxylic acids is 2. The van der Waals surface area contributed by atoms with Crippen LogP contribution in [-0.2, 0) is 18.9 Å². The molecule has 0 unspecified atom stereocenters. The number of amides is 2. The molecule has 2 amide bonds. The third-order valence-corrected chi connectivity index (χ3v) is 6.30. The van der Waals surface area contributed by atoms with Crippen molar-refractivity contribution in [3.8, 4) is 11.5 Å². The summed E-state index contributed by atoms with van der Waals surface area (Å²) in [6, 6.07) is 14.8. The lowest BCUT2D eigenvalue weighted by Crippen LogP contribution is -2.48. The van der Waals surface area contributed by atoms with Crippen molar-refractivity contribution >= 4 is 25.4 Å². The predicted molar refractivity (Wildman–Crippen MR) is 131 cm³/mol. The van der Waals surface area contributed by atoms with Crippen molar-refractivity contribution in [2.75, 3.05) is 6.29 Å². The number of aliphatic carboxylic acids is 1. The normalized spacial score (nSPS) is 12.9. The highest BCUT2D eigenvalue weighted by molar-refractivity contribution is 7.54. The largest absolute Gasteiger partial charge is 0.480 e. The monoisotopic (exact) mass is 505 g/mol. The van der Waals surface area contributed by atoms with E-state index in [1.165, 1.54) is 0 Å². The summed E-state index contributed by atoms with van der Waals surface area (Å²) in [5.41, 5.74) is 5.44. The molecule has 2 atom stereocenters. The minimum absolute atomic E-state index is 0.0558. The van der Waals surface area contributed by atoms with Crippen molar-refractivity contribution < 1.29 is 33.1 Å². The Morgan fingerprint density at radius 3 is 1.94 bits per heavy atom. The molecule has 0 aromatic heterocycles. The fraction of sp³-hybridized carbons (Fsp3) is 0.375. The number of nitrogens with one attached hydrogen (secondary N) is 2. The SMILES string of the molecule is CC(C)C[C@H](NC(=O)CC[C@H](N)C(=O)O)C(=O)NCP(=O)(Oc1ccccc1)Oc1ccccc1. The lowest BCUT2D eigenvalue weighted by Gasteiger charge is -2.23. The molecule has 0 saturated heterocycles. The van der Waals surface area contributed by atoms with Crippen molar-refractivity contribution in [2.45, 2.75) is 45.2 Å². The van der Waals surface area contributed by atoms with Gasteiger partial charge in [0.15, 0.2) is 0 Å². The van der Waals surface area contributed by atoms with Crippen LogP contribution in [0.4, 0.5) is 0 Å². The Balaban J connectivity index is 2.09. The maximum absolute atomic E-state index is 13.5. The zero-order valence-electron chi connectivity index (χ0n) is 19.8. The number of hydrogen-bond donors (Lipinski definition) is 4. The highest BCUT2D eigenvalue weighted by Gasteiger charge is 2.31. The quantitative estimate of drug-likeness (QED) is 0.285. The molecule has 35 heavy (non-hydrogen) atoms. The van der Waals surface area contributed by atoms with Gasteiger partial charge in [-0.25, -0.2) is 4.57 Å². The zero-order chi connectivity index (χ0) is 25.8. The van der Waals surface area contributed by atoms with Crippen molar-refractivity contribution in [1.29, 1.82) is 0 Å². The maximum Gasteiger partial charge on any atom is 0.449 e. The number of para-hydroxylation sites is 2. The van der Waals surface area contributed by atoms with E-state index in [9.17, 15) is 18.9 Å². The van der Waals surface area contributed by atoms with Gasteiger partial charge < -0.3 is 30.5 Å². The number of carbonyl (C=O) groups is 3. The van der Waals surface area contributed by atoms with Crippen LogP contribution in [0.2, 0.25) is 0 Å². The first-order chi connectivity index (χ1) is 16.6. The van der Waals surface area contributed by atoms with Gasteiger partial charge in [-0.2, -0.15) is 0 Å². The van der Waals surface area contributed by atoms with Crippen molar-refractivity contribution in [1.82, 2.24) is 10.6 Å². The Morgan fingerprint density at radius 2 is 1.49 bits per heavy atom. The molecule has 2 aromatic carbocycles. The summed E-state index contributed by atoms with van der Waals surface area (Å²) < 4.78 is 24.8. The third-order valence-electron chi connectivity index (χ3n) is 4.78. The van der Waals surface area contributed by atoms with E-state index >= 15 is 0 Å². The molecule has 0 saturated carbocycles. The molecule has 190 valence electrons. The molecular weight excluding hydrogens is 473 g/mol. The van der Waals surface area contributed by atoms with Crippen LogP contribution in [0, 0.1) is 5.92 Å². The van der Waals surface area contributed by atoms with E-state index in [-0.39, 0.29) is 18.8 Å². The van der Waals surface area contributed by atoms with Gasteiger partial charge in [0.25, 0.3) is 0 Å². The molecule has 0 heterocycles. The Bertz CT molecular complexity index is 973. The molecule has 2 aromatic rings. The molecule has 0 radical (unpaired) electrons. The summed E-state index contributed by atoms with van der Waals surface area (Å²) in [5, 5.41) is 14.0. The van der Waals surface area contributed by atoms with Gasteiger partial charge in [-0.05, 0) is 43.0 Å². The van der Waals surface area contributed by atoms with Gasteiger partial charge in [-0.15, -0.1) is 0 Å². The molecule has 0 fully saturated rings. The van der Waals surface area contributed by atoms with E-state index < -0.39 is 43.7 Å². The first-order valence-electron chi connectivity index (χ1n) is 11.2. The predicted octanol–water partition coefficient (Wildman–Crippen LogP) is 3.13. The minimum atomic E-state index is -3.89. The Kier molecular flexibility index (Phi) is 10.8. The Hall–Kier alpha value is -3.36. The van der Waals surface area contributed by atoms with Gasteiger partial charge in [-0.1, -0.05) is 50.2 Å². The van der Waals surface area contributed by atoms with Gasteiger partial charge in [-0.3, -0.25) is 14.4 Å². The summed E-state index contributed by atoms with van der Waals surface area (Å²) >= 11 is 0. The van der Waals surface area contributed by atoms with Gasteiger partial charge in [0, 0.05) is 6.42 Å². The first-order valence-corrected chi connectivity index (χ1v) is 12.9.